The first-order chi connectivity index (χ1) is 14.8. The summed E-state index contributed by atoms with van der Waals surface area (Å²) in [5.41, 5.74) is 4.65. The number of hydrogen-bond acceptors (Lipinski definition) is 7. The van der Waals surface area contributed by atoms with Crippen LogP contribution in [0.5, 0.6) is 0 Å². The van der Waals surface area contributed by atoms with Crippen molar-refractivity contribution in [3.63, 3.8) is 0 Å². The molecule has 2 N–H and O–H groups in total. The van der Waals surface area contributed by atoms with Crippen LogP contribution in [0.1, 0.15) is 11.3 Å². The minimum absolute atomic E-state index is 0.118. The van der Waals surface area contributed by atoms with Gasteiger partial charge in [0.25, 0.3) is 0 Å². The van der Waals surface area contributed by atoms with Gasteiger partial charge in [-0.3, -0.25) is 5.10 Å². The Bertz CT molecular complexity index is 1330. The van der Waals surface area contributed by atoms with Crippen LogP contribution in [0, 0.1) is 6.92 Å². The number of aromatic amines is 1. The fourth-order valence-electron chi connectivity index (χ4n) is 3.31. The van der Waals surface area contributed by atoms with Gasteiger partial charge in [-0.05, 0) is 55.3 Å². The molecule has 4 rings (SSSR count). The molecule has 0 atom stereocenters. The highest BCUT2D eigenvalue weighted by Crippen LogP contribution is 2.27. The van der Waals surface area contributed by atoms with Gasteiger partial charge in [-0.15, -0.1) is 0 Å². The number of fused-ring (bicyclic) bond motifs is 1. The minimum Gasteiger partial charge on any atom is -0.329 e. The summed E-state index contributed by atoms with van der Waals surface area (Å²) < 4.78 is 22.9. The van der Waals surface area contributed by atoms with Crippen molar-refractivity contribution in [3.05, 3.63) is 66.0 Å². The van der Waals surface area contributed by atoms with Crippen LogP contribution in [0.4, 0.5) is 23.1 Å². The van der Waals surface area contributed by atoms with Gasteiger partial charge in [0.1, 0.15) is 15.7 Å². The molecule has 0 saturated heterocycles. The van der Waals surface area contributed by atoms with Gasteiger partial charge in [-0.25, -0.2) is 13.4 Å². The molecule has 0 unspecified atom stereocenters. The van der Waals surface area contributed by atoms with E-state index in [0.29, 0.717) is 12.4 Å². The molecule has 2 heterocycles. The Morgan fingerprint density at radius 2 is 1.97 bits per heavy atom. The van der Waals surface area contributed by atoms with E-state index in [4.69, 9.17) is 0 Å². The third-order valence-corrected chi connectivity index (χ3v) is 5.99. The Labute approximate surface area is 181 Å². The van der Waals surface area contributed by atoms with Gasteiger partial charge in [0.15, 0.2) is 0 Å². The monoisotopic (exact) mass is 436 g/mol. The molecule has 2 aromatic carbocycles. The van der Waals surface area contributed by atoms with Crippen LogP contribution in [0.2, 0.25) is 0 Å². The van der Waals surface area contributed by atoms with E-state index in [1.54, 1.807) is 6.20 Å². The zero-order chi connectivity index (χ0) is 22.0. The number of hydrogen-bond donors (Lipinski definition) is 2. The summed E-state index contributed by atoms with van der Waals surface area (Å²) in [6, 6.07) is 15.5. The summed E-state index contributed by atoms with van der Waals surface area (Å²) in [7, 11) is -1.06. The zero-order valence-electron chi connectivity index (χ0n) is 17.6. The van der Waals surface area contributed by atoms with Gasteiger partial charge in [0, 0.05) is 42.0 Å². The second-order valence-corrected chi connectivity index (χ2v) is 9.81. The molecular formula is C22H24N6O2S. The van der Waals surface area contributed by atoms with Crippen LogP contribution in [-0.2, 0) is 16.3 Å². The third kappa shape index (κ3) is 5.00. The molecule has 0 aliphatic heterocycles. The first kappa shape index (κ1) is 20.8. The van der Waals surface area contributed by atoms with Crippen molar-refractivity contribution >= 4 is 43.9 Å². The summed E-state index contributed by atoms with van der Waals surface area (Å²) >= 11 is 0. The number of sulfone groups is 1. The van der Waals surface area contributed by atoms with Crippen molar-refractivity contribution in [2.45, 2.75) is 13.3 Å². The van der Waals surface area contributed by atoms with Gasteiger partial charge < -0.3 is 10.2 Å². The Hall–Kier alpha value is -3.46. The lowest BCUT2D eigenvalue weighted by Gasteiger charge is -2.19. The Kier molecular flexibility index (Phi) is 5.60. The molecule has 0 amide bonds. The van der Waals surface area contributed by atoms with E-state index in [9.17, 15) is 8.42 Å². The number of aryl methyl sites for hydroxylation is 2. The first-order valence-corrected chi connectivity index (χ1v) is 11.9. The fraction of sp³-hybridized carbons (Fsp3) is 0.227. The highest BCUT2D eigenvalue weighted by Gasteiger charge is 2.10. The van der Waals surface area contributed by atoms with Crippen molar-refractivity contribution in [1.29, 1.82) is 0 Å². The largest absolute Gasteiger partial charge is 0.329 e. The number of anilines is 4. The summed E-state index contributed by atoms with van der Waals surface area (Å²) in [5.74, 6) is 1.31. The molecule has 0 aliphatic carbocycles. The van der Waals surface area contributed by atoms with E-state index < -0.39 is 9.84 Å². The second kappa shape index (κ2) is 8.35. The van der Waals surface area contributed by atoms with Gasteiger partial charge in [-0.2, -0.15) is 10.1 Å². The van der Waals surface area contributed by atoms with Crippen LogP contribution in [0.25, 0.3) is 10.9 Å². The van der Waals surface area contributed by atoms with Crippen LogP contribution >= 0.6 is 0 Å². The lowest BCUT2D eigenvalue weighted by molar-refractivity contribution is 0.601. The maximum Gasteiger partial charge on any atom is 0.229 e. The number of aromatic nitrogens is 4. The van der Waals surface area contributed by atoms with Gasteiger partial charge >= 0.3 is 0 Å². The van der Waals surface area contributed by atoms with E-state index in [0.717, 1.165) is 39.4 Å². The van der Waals surface area contributed by atoms with Gasteiger partial charge in [-0.1, -0.05) is 12.1 Å². The van der Waals surface area contributed by atoms with E-state index in [1.807, 2.05) is 67.4 Å². The lowest BCUT2D eigenvalue weighted by atomic mass is 10.1. The van der Waals surface area contributed by atoms with Crippen molar-refractivity contribution in [1.82, 2.24) is 20.2 Å². The van der Waals surface area contributed by atoms with Gasteiger partial charge in [0.2, 0.25) is 5.95 Å². The summed E-state index contributed by atoms with van der Waals surface area (Å²) in [4.78, 5) is 10.9. The van der Waals surface area contributed by atoms with E-state index in [1.165, 1.54) is 6.26 Å². The molecule has 8 nitrogen and oxygen atoms in total. The van der Waals surface area contributed by atoms with Crippen molar-refractivity contribution in [2.24, 2.45) is 0 Å². The lowest BCUT2D eigenvalue weighted by Crippen LogP contribution is -2.12. The molecule has 9 heteroatoms. The highest BCUT2D eigenvalue weighted by molar-refractivity contribution is 7.90. The van der Waals surface area contributed by atoms with Crippen molar-refractivity contribution in [3.8, 4) is 0 Å². The summed E-state index contributed by atoms with van der Waals surface area (Å²) in [5, 5.41) is 11.6. The first-order valence-electron chi connectivity index (χ1n) is 9.84. The predicted octanol–water partition coefficient (Wildman–Crippen LogP) is 3.76. The van der Waals surface area contributed by atoms with Crippen LogP contribution in [0.3, 0.4) is 0 Å². The minimum atomic E-state index is -3.01. The van der Waals surface area contributed by atoms with Crippen LogP contribution < -0.4 is 10.2 Å². The predicted molar refractivity (Wildman–Crippen MR) is 124 cm³/mol. The number of rotatable bonds is 7. The molecule has 0 saturated carbocycles. The van der Waals surface area contributed by atoms with Crippen molar-refractivity contribution < 1.29 is 8.42 Å². The second-order valence-electron chi connectivity index (χ2n) is 7.55. The fourth-order valence-corrected chi connectivity index (χ4v) is 3.91. The molecule has 0 bridgehead atoms. The van der Waals surface area contributed by atoms with Crippen LogP contribution in [-0.4, -0.2) is 47.6 Å². The number of benzene rings is 2. The molecule has 31 heavy (non-hydrogen) atoms. The van der Waals surface area contributed by atoms with E-state index in [-0.39, 0.29) is 5.75 Å². The topological polar surface area (TPSA) is 104 Å². The Morgan fingerprint density at radius 1 is 1.13 bits per heavy atom. The molecule has 160 valence electrons. The molecule has 0 radical (unpaired) electrons. The summed E-state index contributed by atoms with van der Waals surface area (Å²) in [6.07, 6.45) is 3.41. The molecule has 4 aromatic rings. The number of nitrogens with one attached hydrogen (secondary N) is 2. The number of H-pyrrole nitrogens is 1. The zero-order valence-corrected chi connectivity index (χ0v) is 18.4. The molecular weight excluding hydrogens is 412 g/mol. The molecule has 2 aromatic heterocycles. The Morgan fingerprint density at radius 3 is 2.77 bits per heavy atom. The average molecular weight is 437 g/mol. The van der Waals surface area contributed by atoms with E-state index in [2.05, 4.69) is 25.5 Å². The standard InChI is InChI=1S/C22H24N6O2S/c1-15-19-8-7-18(14-20(19)27-26-15)28(2)21-9-11-23-22(25-21)24-17-6-4-5-16(13-17)10-12-31(3,29)30/h4-9,11,13-14H,10,12H2,1-3H3,(H,26,27)(H,23,24,25). The SMILES string of the molecule is Cc1[nH]nc2cc(N(C)c3ccnc(Nc4cccc(CCS(C)(=O)=O)c4)n3)ccc12. The van der Waals surface area contributed by atoms with E-state index >= 15 is 0 Å². The van der Waals surface area contributed by atoms with Crippen LogP contribution in [0.15, 0.2) is 54.7 Å². The molecule has 0 fully saturated rings. The van der Waals surface area contributed by atoms with Crippen molar-refractivity contribution in [2.75, 3.05) is 29.3 Å². The molecule has 0 spiro atoms. The quantitative estimate of drug-likeness (QED) is 0.454. The average Bonchev–Trinajstić information content (AvgIpc) is 3.12. The third-order valence-electron chi connectivity index (χ3n) is 5.05. The Balaban J connectivity index is 1.52. The highest BCUT2D eigenvalue weighted by atomic mass is 32.2. The smallest absolute Gasteiger partial charge is 0.229 e. The normalized spacial score (nSPS) is 11.6. The maximum absolute atomic E-state index is 11.4. The maximum atomic E-state index is 11.4. The number of nitrogens with zero attached hydrogens (tertiary/aromatic N) is 4. The van der Waals surface area contributed by atoms with Gasteiger partial charge in [0.05, 0.1) is 11.3 Å². The summed E-state index contributed by atoms with van der Waals surface area (Å²) in [6.45, 7) is 2.00. The molecule has 0 aliphatic rings.